The first-order chi connectivity index (χ1) is 8.40. The molecule has 0 aliphatic rings. The van der Waals surface area contributed by atoms with Crippen molar-refractivity contribution in [2.45, 2.75) is 6.18 Å². The van der Waals surface area contributed by atoms with Gasteiger partial charge in [0, 0.05) is 20.6 Å². The number of halogens is 3. The van der Waals surface area contributed by atoms with Crippen LogP contribution in [0, 0.1) is 0 Å². The summed E-state index contributed by atoms with van der Waals surface area (Å²) in [6.45, 7) is -0.855. The van der Waals surface area contributed by atoms with Crippen LogP contribution in [0.25, 0.3) is 0 Å². The Morgan fingerprint density at radius 2 is 1.89 bits per heavy atom. The van der Waals surface area contributed by atoms with Crippen molar-refractivity contribution in [3.63, 3.8) is 0 Å². The molecular weight excluding hydrogens is 245 g/mol. The number of ether oxygens (including phenoxy) is 1. The molecule has 0 aliphatic carbocycles. The molecule has 18 heavy (non-hydrogen) atoms. The molecule has 1 rings (SSSR count). The highest BCUT2D eigenvalue weighted by atomic mass is 19.4. The van der Waals surface area contributed by atoms with Crippen molar-refractivity contribution in [1.29, 1.82) is 0 Å². The molecule has 0 saturated carbocycles. The number of hydrogen-bond donors (Lipinski definition) is 1. The Bertz CT molecular complexity index is 367. The Kier molecular flexibility index (Phi) is 5.27. The zero-order valence-corrected chi connectivity index (χ0v) is 10.4. The molecule has 1 aromatic carbocycles. The van der Waals surface area contributed by atoms with E-state index in [9.17, 15) is 13.2 Å². The van der Waals surface area contributed by atoms with E-state index >= 15 is 0 Å². The molecule has 0 atom stereocenters. The average molecular weight is 262 g/mol. The minimum atomic E-state index is -4.26. The highest BCUT2D eigenvalue weighted by Gasteiger charge is 2.27. The van der Waals surface area contributed by atoms with E-state index in [0.29, 0.717) is 6.54 Å². The second-order valence-electron chi connectivity index (χ2n) is 4.01. The van der Waals surface area contributed by atoms with Crippen molar-refractivity contribution >= 4 is 11.4 Å². The van der Waals surface area contributed by atoms with Gasteiger partial charge in [0.25, 0.3) is 0 Å². The maximum Gasteiger partial charge on any atom is 0.411 e. The predicted octanol–water partition coefficient (Wildman–Crippen LogP) is 2.74. The fraction of sp³-hybridized carbons (Fsp3) is 0.500. The molecule has 0 aromatic heterocycles. The SMILES string of the molecule is CN(C)c1ccccc1NCCOCC(F)(F)F. The van der Waals surface area contributed by atoms with Gasteiger partial charge in [-0.3, -0.25) is 0 Å². The van der Waals surface area contributed by atoms with Gasteiger partial charge in [-0.25, -0.2) is 0 Å². The van der Waals surface area contributed by atoms with Crippen LogP contribution in [-0.2, 0) is 4.74 Å². The summed E-state index contributed by atoms with van der Waals surface area (Å²) in [7, 11) is 3.81. The fourth-order valence-corrected chi connectivity index (χ4v) is 1.46. The number of hydrogen-bond acceptors (Lipinski definition) is 3. The summed E-state index contributed by atoms with van der Waals surface area (Å²) < 4.78 is 40.0. The third-order valence-corrected chi connectivity index (χ3v) is 2.21. The van der Waals surface area contributed by atoms with E-state index in [0.717, 1.165) is 11.4 Å². The third kappa shape index (κ3) is 5.27. The van der Waals surface area contributed by atoms with E-state index in [1.807, 2.05) is 43.3 Å². The molecule has 0 unspecified atom stereocenters. The first-order valence-electron chi connectivity index (χ1n) is 5.55. The number of para-hydroxylation sites is 2. The number of rotatable bonds is 6. The first-order valence-corrected chi connectivity index (χ1v) is 5.55. The topological polar surface area (TPSA) is 24.5 Å². The van der Waals surface area contributed by atoms with Crippen molar-refractivity contribution in [3.8, 4) is 0 Å². The maximum absolute atomic E-state index is 11.8. The summed E-state index contributed by atoms with van der Waals surface area (Å²) in [6.07, 6.45) is -4.26. The monoisotopic (exact) mass is 262 g/mol. The van der Waals surface area contributed by atoms with Crippen LogP contribution in [0.2, 0.25) is 0 Å². The van der Waals surface area contributed by atoms with E-state index in [-0.39, 0.29) is 6.61 Å². The van der Waals surface area contributed by atoms with E-state index < -0.39 is 12.8 Å². The molecule has 102 valence electrons. The quantitative estimate of drug-likeness (QED) is 0.798. The predicted molar refractivity (Wildman–Crippen MR) is 66.1 cm³/mol. The van der Waals surface area contributed by atoms with Gasteiger partial charge in [0.05, 0.1) is 18.0 Å². The van der Waals surface area contributed by atoms with Crippen LogP contribution in [-0.4, -0.2) is 40.0 Å². The zero-order valence-electron chi connectivity index (χ0n) is 10.4. The van der Waals surface area contributed by atoms with Crippen LogP contribution in [0.1, 0.15) is 0 Å². The van der Waals surface area contributed by atoms with E-state index in [1.54, 1.807) is 0 Å². The van der Waals surface area contributed by atoms with Crippen LogP contribution < -0.4 is 10.2 Å². The Balaban J connectivity index is 2.36. The number of benzene rings is 1. The largest absolute Gasteiger partial charge is 0.411 e. The highest BCUT2D eigenvalue weighted by Crippen LogP contribution is 2.23. The highest BCUT2D eigenvalue weighted by molar-refractivity contribution is 5.69. The Labute approximate surface area is 105 Å². The lowest BCUT2D eigenvalue weighted by Crippen LogP contribution is -2.20. The molecular formula is C12H17F3N2O. The molecule has 0 fully saturated rings. The van der Waals surface area contributed by atoms with Gasteiger partial charge in [0.2, 0.25) is 0 Å². The molecule has 0 radical (unpaired) electrons. The smallest absolute Gasteiger partial charge is 0.381 e. The van der Waals surface area contributed by atoms with Gasteiger partial charge < -0.3 is 15.0 Å². The molecule has 0 aliphatic heterocycles. The van der Waals surface area contributed by atoms with Crippen LogP contribution in [0.5, 0.6) is 0 Å². The average Bonchev–Trinajstić information content (AvgIpc) is 2.27. The summed E-state index contributed by atoms with van der Waals surface area (Å²) in [5.41, 5.74) is 1.85. The molecule has 1 N–H and O–H groups in total. The van der Waals surface area contributed by atoms with Gasteiger partial charge in [-0.2, -0.15) is 13.2 Å². The summed E-state index contributed by atoms with van der Waals surface area (Å²) in [5.74, 6) is 0. The van der Waals surface area contributed by atoms with E-state index in [4.69, 9.17) is 0 Å². The number of nitrogens with zero attached hydrogens (tertiary/aromatic N) is 1. The van der Waals surface area contributed by atoms with Gasteiger partial charge in [-0.15, -0.1) is 0 Å². The first kappa shape index (κ1) is 14.6. The Morgan fingerprint density at radius 3 is 2.50 bits per heavy atom. The van der Waals surface area contributed by atoms with Gasteiger partial charge in [0.15, 0.2) is 0 Å². The molecule has 1 aromatic rings. The zero-order chi connectivity index (χ0) is 13.6. The van der Waals surface area contributed by atoms with Crippen LogP contribution in [0.15, 0.2) is 24.3 Å². The molecule has 0 amide bonds. The summed E-state index contributed by atoms with van der Waals surface area (Å²) in [5, 5.41) is 3.05. The Morgan fingerprint density at radius 1 is 1.22 bits per heavy atom. The van der Waals surface area contributed by atoms with Crippen LogP contribution >= 0.6 is 0 Å². The fourth-order valence-electron chi connectivity index (χ4n) is 1.46. The molecule has 0 bridgehead atoms. The number of anilines is 2. The summed E-state index contributed by atoms with van der Waals surface area (Å²) >= 11 is 0. The second kappa shape index (κ2) is 6.49. The van der Waals surface area contributed by atoms with Gasteiger partial charge >= 0.3 is 6.18 Å². The van der Waals surface area contributed by atoms with Crippen molar-refractivity contribution in [3.05, 3.63) is 24.3 Å². The maximum atomic E-state index is 11.8. The van der Waals surface area contributed by atoms with Crippen molar-refractivity contribution in [2.75, 3.05) is 44.1 Å². The lowest BCUT2D eigenvalue weighted by Gasteiger charge is -2.18. The number of nitrogens with one attached hydrogen (secondary N) is 1. The lowest BCUT2D eigenvalue weighted by molar-refractivity contribution is -0.172. The van der Waals surface area contributed by atoms with Crippen LogP contribution in [0.3, 0.4) is 0 Å². The molecule has 6 heteroatoms. The van der Waals surface area contributed by atoms with Gasteiger partial charge in [0.1, 0.15) is 6.61 Å². The molecule has 0 saturated heterocycles. The second-order valence-corrected chi connectivity index (χ2v) is 4.01. The minimum absolute atomic E-state index is 0.0152. The molecule has 0 heterocycles. The molecule has 0 spiro atoms. The summed E-state index contributed by atoms with van der Waals surface area (Å²) in [6, 6.07) is 7.57. The van der Waals surface area contributed by atoms with E-state index in [2.05, 4.69) is 10.1 Å². The van der Waals surface area contributed by atoms with Crippen LogP contribution in [0.4, 0.5) is 24.5 Å². The third-order valence-electron chi connectivity index (χ3n) is 2.21. The van der Waals surface area contributed by atoms with E-state index in [1.165, 1.54) is 0 Å². The number of alkyl halides is 3. The van der Waals surface area contributed by atoms with Crippen molar-refractivity contribution in [1.82, 2.24) is 0 Å². The minimum Gasteiger partial charge on any atom is -0.381 e. The Hall–Kier alpha value is -1.43. The van der Waals surface area contributed by atoms with Crippen molar-refractivity contribution in [2.24, 2.45) is 0 Å². The van der Waals surface area contributed by atoms with Gasteiger partial charge in [-0.1, -0.05) is 12.1 Å². The van der Waals surface area contributed by atoms with Crippen molar-refractivity contribution < 1.29 is 17.9 Å². The van der Waals surface area contributed by atoms with Gasteiger partial charge in [-0.05, 0) is 12.1 Å². The standard InChI is InChI=1S/C12H17F3N2O/c1-17(2)11-6-4-3-5-10(11)16-7-8-18-9-12(13,14)15/h3-6,16H,7-9H2,1-2H3. The molecule has 3 nitrogen and oxygen atoms in total. The normalized spacial score (nSPS) is 11.4. The summed E-state index contributed by atoms with van der Waals surface area (Å²) in [4.78, 5) is 1.93. The lowest BCUT2D eigenvalue weighted by atomic mass is 10.2.